The zero-order valence-corrected chi connectivity index (χ0v) is 15.2. The number of halogens is 3. The van der Waals surface area contributed by atoms with Gasteiger partial charge in [0.15, 0.2) is 0 Å². The number of hydrogen-bond acceptors (Lipinski definition) is 8. The van der Waals surface area contributed by atoms with Crippen LogP contribution in [0.25, 0.3) is 0 Å². The quantitative estimate of drug-likeness (QED) is 0.426. The van der Waals surface area contributed by atoms with E-state index in [9.17, 15) is 23.3 Å². The highest BCUT2D eigenvalue weighted by atomic mass is 19.4. The summed E-state index contributed by atoms with van der Waals surface area (Å²) in [5.41, 5.74) is -0.314. The molecular weight excluding hydrogens is 409 g/mol. The Morgan fingerprint density at radius 3 is 2.13 bits per heavy atom. The van der Waals surface area contributed by atoms with Crippen molar-refractivity contribution in [3.63, 3.8) is 0 Å². The van der Waals surface area contributed by atoms with Gasteiger partial charge >= 0.3 is 17.9 Å². The van der Waals surface area contributed by atoms with Crippen molar-refractivity contribution < 1.29 is 32.3 Å². The van der Waals surface area contributed by atoms with Gasteiger partial charge < -0.3 is 19.5 Å². The average Bonchev–Trinajstić information content (AvgIpc) is 2.69. The molecule has 0 saturated heterocycles. The van der Waals surface area contributed by atoms with Gasteiger partial charge in [-0.3, -0.25) is 10.1 Å². The Bertz CT molecular complexity index is 1030. The summed E-state index contributed by atoms with van der Waals surface area (Å²) in [5.74, 6) is -0.117. The Hall–Kier alpha value is -4.09. The molecule has 3 aromatic rings. The fraction of sp³-hybridized carbons (Fsp3) is 0.111. The number of methoxy groups -OCH3 is 1. The maximum absolute atomic E-state index is 12.2. The van der Waals surface area contributed by atoms with Crippen LogP contribution in [-0.2, 0) is 0 Å². The van der Waals surface area contributed by atoms with Gasteiger partial charge in [0, 0.05) is 5.69 Å². The molecule has 0 amide bonds. The van der Waals surface area contributed by atoms with E-state index >= 15 is 0 Å². The average molecular weight is 422 g/mol. The van der Waals surface area contributed by atoms with Gasteiger partial charge in [-0.15, -0.1) is 13.2 Å². The third-order valence-electron chi connectivity index (χ3n) is 3.60. The van der Waals surface area contributed by atoms with Crippen molar-refractivity contribution in [1.82, 2.24) is 9.97 Å². The first-order valence-corrected chi connectivity index (χ1v) is 8.19. The topological polar surface area (TPSA) is 109 Å². The van der Waals surface area contributed by atoms with Gasteiger partial charge in [0.2, 0.25) is 5.82 Å². The molecule has 1 aromatic heterocycles. The van der Waals surface area contributed by atoms with Gasteiger partial charge in [0.1, 0.15) is 23.6 Å². The minimum absolute atomic E-state index is 0.206. The summed E-state index contributed by atoms with van der Waals surface area (Å²) in [6.07, 6.45) is -3.77. The predicted octanol–water partition coefficient (Wildman–Crippen LogP) is 4.83. The summed E-state index contributed by atoms with van der Waals surface area (Å²) in [4.78, 5) is 18.5. The SMILES string of the molecule is COc1ccc(Oc2ncnc(Nc3ccc(OC(F)(F)F)cc3)c2[N+](=O)[O-])cc1. The summed E-state index contributed by atoms with van der Waals surface area (Å²) < 4.78 is 51.0. The molecule has 3 rings (SSSR count). The molecule has 0 aliphatic rings. The number of alkyl halides is 3. The molecule has 0 saturated carbocycles. The fourth-order valence-corrected chi connectivity index (χ4v) is 2.33. The zero-order valence-electron chi connectivity index (χ0n) is 15.2. The van der Waals surface area contributed by atoms with E-state index in [1.165, 1.54) is 31.4 Å². The molecular formula is C18H13F3N4O5. The highest BCUT2D eigenvalue weighted by molar-refractivity contribution is 5.69. The van der Waals surface area contributed by atoms with Crippen molar-refractivity contribution >= 4 is 17.2 Å². The molecule has 12 heteroatoms. The molecule has 1 N–H and O–H groups in total. The van der Waals surface area contributed by atoms with E-state index in [1.807, 2.05) is 0 Å². The number of nitro groups is 1. The first-order valence-electron chi connectivity index (χ1n) is 8.19. The number of benzene rings is 2. The predicted molar refractivity (Wildman–Crippen MR) is 98.2 cm³/mol. The molecule has 0 radical (unpaired) electrons. The van der Waals surface area contributed by atoms with Crippen LogP contribution in [0.3, 0.4) is 0 Å². The Morgan fingerprint density at radius 1 is 0.967 bits per heavy atom. The maximum atomic E-state index is 12.2. The normalized spacial score (nSPS) is 10.9. The van der Waals surface area contributed by atoms with Crippen LogP contribution in [0.2, 0.25) is 0 Å². The van der Waals surface area contributed by atoms with Crippen LogP contribution in [0.5, 0.6) is 23.1 Å². The second-order valence-electron chi connectivity index (χ2n) is 5.61. The summed E-state index contributed by atoms with van der Waals surface area (Å²) in [6.45, 7) is 0. The Balaban J connectivity index is 1.84. The molecule has 30 heavy (non-hydrogen) atoms. The van der Waals surface area contributed by atoms with Crippen LogP contribution >= 0.6 is 0 Å². The minimum Gasteiger partial charge on any atom is -0.497 e. The lowest BCUT2D eigenvalue weighted by Crippen LogP contribution is -2.17. The van der Waals surface area contributed by atoms with E-state index < -0.39 is 22.7 Å². The molecule has 2 aromatic carbocycles. The first kappa shape index (κ1) is 20.6. The second-order valence-corrected chi connectivity index (χ2v) is 5.61. The standard InChI is InChI=1S/C18H13F3N4O5/c1-28-12-6-8-13(9-7-12)29-17-15(25(26)27)16(22-10-23-17)24-11-2-4-14(5-3-11)30-18(19,20)21/h2-10H,1H3,(H,22,23,24). The van der Waals surface area contributed by atoms with Crippen molar-refractivity contribution in [2.45, 2.75) is 6.36 Å². The van der Waals surface area contributed by atoms with Crippen LogP contribution in [0.4, 0.5) is 30.4 Å². The van der Waals surface area contributed by atoms with E-state index in [0.717, 1.165) is 18.5 Å². The van der Waals surface area contributed by atoms with Crippen LogP contribution in [-0.4, -0.2) is 28.4 Å². The van der Waals surface area contributed by atoms with Gasteiger partial charge in [-0.05, 0) is 48.5 Å². The van der Waals surface area contributed by atoms with Crippen molar-refractivity contribution in [3.05, 3.63) is 65.0 Å². The van der Waals surface area contributed by atoms with Gasteiger partial charge in [-0.1, -0.05) is 0 Å². The monoisotopic (exact) mass is 422 g/mol. The Morgan fingerprint density at radius 2 is 1.57 bits per heavy atom. The lowest BCUT2D eigenvalue weighted by molar-refractivity contribution is -0.385. The van der Waals surface area contributed by atoms with E-state index in [-0.39, 0.29) is 23.1 Å². The molecule has 0 fully saturated rings. The first-order chi connectivity index (χ1) is 14.2. The molecule has 0 aliphatic carbocycles. The van der Waals surface area contributed by atoms with Crippen molar-refractivity contribution in [2.24, 2.45) is 0 Å². The molecule has 0 atom stereocenters. The largest absolute Gasteiger partial charge is 0.573 e. The third-order valence-corrected chi connectivity index (χ3v) is 3.60. The van der Waals surface area contributed by atoms with Gasteiger partial charge in [0.05, 0.1) is 12.0 Å². The lowest BCUT2D eigenvalue weighted by Gasteiger charge is -2.11. The number of hydrogen-bond donors (Lipinski definition) is 1. The summed E-state index contributed by atoms with van der Waals surface area (Å²) in [6, 6.07) is 10.9. The smallest absolute Gasteiger partial charge is 0.497 e. The molecule has 0 bridgehead atoms. The van der Waals surface area contributed by atoms with E-state index in [1.54, 1.807) is 12.1 Å². The Labute approximate surface area is 167 Å². The van der Waals surface area contributed by atoms with Crippen molar-refractivity contribution in [1.29, 1.82) is 0 Å². The van der Waals surface area contributed by atoms with Crippen molar-refractivity contribution in [3.8, 4) is 23.1 Å². The van der Waals surface area contributed by atoms with E-state index in [2.05, 4.69) is 20.0 Å². The van der Waals surface area contributed by atoms with E-state index in [4.69, 9.17) is 9.47 Å². The minimum atomic E-state index is -4.83. The molecule has 1 heterocycles. The highest BCUT2D eigenvalue weighted by Gasteiger charge is 2.31. The molecule has 9 nitrogen and oxygen atoms in total. The fourth-order valence-electron chi connectivity index (χ4n) is 2.33. The van der Waals surface area contributed by atoms with Gasteiger partial charge in [-0.25, -0.2) is 4.98 Å². The van der Waals surface area contributed by atoms with E-state index in [0.29, 0.717) is 5.75 Å². The molecule has 156 valence electrons. The van der Waals surface area contributed by atoms with Crippen LogP contribution in [0.15, 0.2) is 54.9 Å². The summed E-state index contributed by atoms with van der Waals surface area (Å²) in [5, 5.41) is 14.2. The summed E-state index contributed by atoms with van der Waals surface area (Å²) in [7, 11) is 1.49. The number of anilines is 2. The number of ether oxygens (including phenoxy) is 3. The van der Waals surface area contributed by atoms with Crippen molar-refractivity contribution in [2.75, 3.05) is 12.4 Å². The third kappa shape index (κ3) is 5.25. The molecule has 0 spiro atoms. The van der Waals surface area contributed by atoms with Crippen LogP contribution < -0.4 is 19.5 Å². The number of aromatic nitrogens is 2. The lowest BCUT2D eigenvalue weighted by atomic mass is 10.3. The van der Waals surface area contributed by atoms with Crippen LogP contribution in [0.1, 0.15) is 0 Å². The number of rotatable bonds is 7. The highest BCUT2D eigenvalue weighted by Crippen LogP contribution is 2.36. The number of nitrogens with zero attached hydrogens (tertiary/aromatic N) is 3. The molecule has 0 aliphatic heterocycles. The van der Waals surface area contributed by atoms with Gasteiger partial charge in [-0.2, -0.15) is 4.98 Å². The van der Waals surface area contributed by atoms with Gasteiger partial charge in [0.25, 0.3) is 0 Å². The Kier molecular flexibility index (Phi) is 5.85. The number of nitrogens with one attached hydrogen (secondary N) is 1. The molecule has 0 unspecified atom stereocenters. The zero-order chi connectivity index (χ0) is 21.7. The summed E-state index contributed by atoms with van der Waals surface area (Å²) >= 11 is 0. The van der Waals surface area contributed by atoms with Crippen LogP contribution in [0, 0.1) is 10.1 Å². The maximum Gasteiger partial charge on any atom is 0.573 e. The second kappa shape index (κ2) is 8.51.